The molecule has 1 aliphatic heterocycles. The molecule has 2 unspecified atom stereocenters. The Bertz CT molecular complexity index is 508. The standard InChI is InChI=1S/C15H21FN2O3/c1-10(19)9-18(2)15(20)17-13-4-3-7-21-14-8-11(16)5-6-12(13)14/h5-6,8,10,13,19H,3-4,7,9H2,1-2H3,(H,17,20). The maximum absolute atomic E-state index is 13.3. The molecule has 2 amide bonds. The summed E-state index contributed by atoms with van der Waals surface area (Å²) in [6, 6.07) is 3.88. The third kappa shape index (κ3) is 4.07. The van der Waals surface area contributed by atoms with Crippen LogP contribution in [-0.4, -0.2) is 42.3 Å². The Hall–Kier alpha value is -1.82. The number of carbonyl (C=O) groups is 1. The molecule has 0 saturated carbocycles. The normalized spacial score (nSPS) is 19.0. The highest BCUT2D eigenvalue weighted by atomic mass is 19.1. The lowest BCUT2D eigenvalue weighted by Gasteiger charge is -2.24. The molecule has 5 nitrogen and oxygen atoms in total. The molecule has 21 heavy (non-hydrogen) atoms. The van der Waals surface area contributed by atoms with Gasteiger partial charge in [-0.05, 0) is 25.8 Å². The number of nitrogens with zero attached hydrogens (tertiary/aromatic N) is 1. The molecular formula is C15H21FN2O3. The van der Waals surface area contributed by atoms with Gasteiger partial charge >= 0.3 is 6.03 Å². The second-order valence-electron chi connectivity index (χ2n) is 5.40. The second-order valence-corrected chi connectivity index (χ2v) is 5.40. The molecule has 0 saturated heterocycles. The summed E-state index contributed by atoms with van der Waals surface area (Å²) < 4.78 is 18.8. The third-order valence-electron chi connectivity index (χ3n) is 3.43. The molecule has 1 aromatic carbocycles. The number of urea groups is 1. The molecule has 0 spiro atoms. The molecule has 0 fully saturated rings. The summed E-state index contributed by atoms with van der Waals surface area (Å²) >= 11 is 0. The number of fused-ring (bicyclic) bond motifs is 1. The molecule has 0 aliphatic carbocycles. The van der Waals surface area contributed by atoms with Gasteiger partial charge in [0.25, 0.3) is 0 Å². The van der Waals surface area contributed by atoms with Gasteiger partial charge in [0.05, 0.1) is 18.8 Å². The van der Waals surface area contributed by atoms with Crippen molar-refractivity contribution in [3.8, 4) is 5.75 Å². The van der Waals surface area contributed by atoms with Crippen molar-refractivity contribution >= 4 is 6.03 Å². The van der Waals surface area contributed by atoms with E-state index in [1.807, 2.05) is 0 Å². The van der Waals surface area contributed by atoms with Crippen LogP contribution >= 0.6 is 0 Å². The number of aliphatic hydroxyl groups is 1. The summed E-state index contributed by atoms with van der Waals surface area (Å²) in [5.41, 5.74) is 0.785. The number of hydrogen-bond donors (Lipinski definition) is 2. The number of ether oxygens (including phenoxy) is 1. The number of benzene rings is 1. The van der Waals surface area contributed by atoms with Crippen LogP contribution < -0.4 is 10.1 Å². The lowest BCUT2D eigenvalue weighted by Crippen LogP contribution is -2.42. The molecule has 1 aliphatic rings. The van der Waals surface area contributed by atoms with Gasteiger partial charge in [-0.2, -0.15) is 0 Å². The SMILES string of the molecule is CC(O)CN(C)C(=O)NC1CCCOc2cc(F)ccc21. The van der Waals surface area contributed by atoms with Gasteiger partial charge in [-0.25, -0.2) is 9.18 Å². The number of hydrogen-bond acceptors (Lipinski definition) is 3. The Kier molecular flexibility index (Phi) is 5.01. The van der Waals surface area contributed by atoms with Crippen LogP contribution in [0, 0.1) is 5.82 Å². The zero-order valence-corrected chi connectivity index (χ0v) is 12.3. The third-order valence-corrected chi connectivity index (χ3v) is 3.43. The van der Waals surface area contributed by atoms with Crippen LogP contribution in [0.25, 0.3) is 0 Å². The smallest absolute Gasteiger partial charge is 0.317 e. The van der Waals surface area contributed by atoms with Gasteiger partial charge in [-0.1, -0.05) is 6.07 Å². The fourth-order valence-corrected chi connectivity index (χ4v) is 2.43. The predicted molar refractivity (Wildman–Crippen MR) is 76.7 cm³/mol. The van der Waals surface area contributed by atoms with E-state index in [4.69, 9.17) is 4.74 Å². The molecule has 0 bridgehead atoms. The first-order valence-electron chi connectivity index (χ1n) is 7.09. The molecule has 116 valence electrons. The molecule has 1 heterocycles. The average Bonchev–Trinajstić information content (AvgIpc) is 2.60. The number of nitrogens with one attached hydrogen (secondary N) is 1. The van der Waals surface area contributed by atoms with Crippen molar-refractivity contribution in [2.24, 2.45) is 0 Å². The number of aliphatic hydroxyl groups excluding tert-OH is 1. The summed E-state index contributed by atoms with van der Waals surface area (Å²) in [6.07, 6.45) is 0.924. The second kappa shape index (κ2) is 6.76. The first kappa shape index (κ1) is 15.6. The van der Waals surface area contributed by atoms with Crippen LogP contribution in [0.1, 0.15) is 31.4 Å². The zero-order chi connectivity index (χ0) is 15.4. The monoisotopic (exact) mass is 296 g/mol. The number of rotatable bonds is 3. The van der Waals surface area contributed by atoms with Crippen LogP contribution in [0.15, 0.2) is 18.2 Å². The average molecular weight is 296 g/mol. The predicted octanol–water partition coefficient (Wildman–Crippen LogP) is 2.06. The number of carbonyl (C=O) groups excluding carboxylic acids is 1. The lowest BCUT2D eigenvalue weighted by molar-refractivity contribution is 0.142. The first-order valence-corrected chi connectivity index (χ1v) is 7.09. The van der Waals surface area contributed by atoms with Crippen LogP contribution in [0.4, 0.5) is 9.18 Å². The fourth-order valence-electron chi connectivity index (χ4n) is 2.43. The highest BCUT2D eigenvalue weighted by Gasteiger charge is 2.23. The summed E-state index contributed by atoms with van der Waals surface area (Å²) in [4.78, 5) is 13.6. The summed E-state index contributed by atoms with van der Waals surface area (Å²) in [5, 5.41) is 12.2. The molecule has 0 radical (unpaired) electrons. The van der Waals surface area contributed by atoms with Gasteiger partial charge in [0.2, 0.25) is 0 Å². The zero-order valence-electron chi connectivity index (χ0n) is 12.3. The van der Waals surface area contributed by atoms with E-state index in [1.54, 1.807) is 20.0 Å². The highest BCUT2D eigenvalue weighted by molar-refractivity contribution is 5.74. The van der Waals surface area contributed by atoms with E-state index < -0.39 is 6.10 Å². The molecule has 2 atom stereocenters. The topological polar surface area (TPSA) is 61.8 Å². The van der Waals surface area contributed by atoms with Crippen molar-refractivity contribution in [1.82, 2.24) is 10.2 Å². The van der Waals surface area contributed by atoms with Crippen LogP contribution in [0.5, 0.6) is 5.75 Å². The number of amides is 2. The van der Waals surface area contributed by atoms with Gasteiger partial charge in [0.1, 0.15) is 11.6 Å². The maximum atomic E-state index is 13.3. The van der Waals surface area contributed by atoms with Crippen LogP contribution in [0.2, 0.25) is 0 Å². The van der Waals surface area contributed by atoms with Gasteiger partial charge in [0.15, 0.2) is 0 Å². The fraction of sp³-hybridized carbons (Fsp3) is 0.533. The van der Waals surface area contributed by atoms with E-state index in [9.17, 15) is 14.3 Å². The minimum Gasteiger partial charge on any atom is -0.493 e. The van der Waals surface area contributed by atoms with E-state index >= 15 is 0 Å². The van der Waals surface area contributed by atoms with Gasteiger partial charge in [-0.3, -0.25) is 0 Å². The quantitative estimate of drug-likeness (QED) is 0.897. The van der Waals surface area contributed by atoms with Crippen molar-refractivity contribution in [1.29, 1.82) is 0 Å². The van der Waals surface area contributed by atoms with Gasteiger partial charge < -0.3 is 20.1 Å². The van der Waals surface area contributed by atoms with Crippen molar-refractivity contribution in [2.75, 3.05) is 20.2 Å². The van der Waals surface area contributed by atoms with E-state index in [-0.39, 0.29) is 24.4 Å². The van der Waals surface area contributed by atoms with E-state index in [2.05, 4.69) is 5.32 Å². The van der Waals surface area contributed by atoms with Crippen molar-refractivity contribution in [3.05, 3.63) is 29.6 Å². The Labute approximate surface area is 123 Å². The minimum absolute atomic E-state index is 0.216. The Morgan fingerprint density at radius 3 is 3.10 bits per heavy atom. The molecule has 1 aromatic rings. The molecular weight excluding hydrogens is 275 g/mol. The van der Waals surface area contributed by atoms with E-state index in [0.717, 1.165) is 18.4 Å². The van der Waals surface area contributed by atoms with Crippen molar-refractivity contribution in [2.45, 2.75) is 31.9 Å². The van der Waals surface area contributed by atoms with Crippen LogP contribution in [-0.2, 0) is 0 Å². The summed E-state index contributed by atoms with van der Waals surface area (Å²) in [6.45, 7) is 2.39. The Balaban J connectivity index is 2.11. The maximum Gasteiger partial charge on any atom is 0.317 e. The number of halogens is 1. The molecule has 6 heteroatoms. The first-order chi connectivity index (χ1) is 9.97. The molecule has 0 aromatic heterocycles. The Morgan fingerprint density at radius 2 is 2.38 bits per heavy atom. The van der Waals surface area contributed by atoms with Gasteiger partial charge in [-0.15, -0.1) is 0 Å². The van der Waals surface area contributed by atoms with Gasteiger partial charge in [0, 0.05) is 25.2 Å². The molecule has 2 N–H and O–H groups in total. The molecule has 2 rings (SSSR count). The van der Waals surface area contributed by atoms with E-state index in [0.29, 0.717) is 12.4 Å². The Morgan fingerprint density at radius 1 is 1.62 bits per heavy atom. The summed E-state index contributed by atoms with van der Waals surface area (Å²) in [5.74, 6) is 0.128. The summed E-state index contributed by atoms with van der Waals surface area (Å²) in [7, 11) is 1.63. The van der Waals surface area contributed by atoms with Crippen molar-refractivity contribution in [3.63, 3.8) is 0 Å². The van der Waals surface area contributed by atoms with Crippen LogP contribution in [0.3, 0.4) is 0 Å². The van der Waals surface area contributed by atoms with Crippen molar-refractivity contribution < 1.29 is 19.0 Å². The highest BCUT2D eigenvalue weighted by Crippen LogP contribution is 2.32. The van der Waals surface area contributed by atoms with E-state index in [1.165, 1.54) is 17.0 Å². The lowest BCUT2D eigenvalue weighted by atomic mass is 10.0. The number of likely N-dealkylation sites (N-methyl/N-ethyl adjacent to an activating group) is 1. The minimum atomic E-state index is -0.584. The largest absolute Gasteiger partial charge is 0.493 e.